The molecule has 1 aliphatic carbocycles. The zero-order chi connectivity index (χ0) is 16.6. The van der Waals surface area contributed by atoms with E-state index in [0.717, 1.165) is 49.9 Å². The minimum atomic E-state index is 0.00516. The van der Waals surface area contributed by atoms with Crippen molar-refractivity contribution in [2.45, 2.75) is 42.4 Å². The Kier molecular flexibility index (Phi) is 6.93. The first kappa shape index (κ1) is 17.7. The molecule has 0 aromatic carbocycles. The van der Waals surface area contributed by atoms with Gasteiger partial charge in [0.1, 0.15) is 5.03 Å². The highest BCUT2D eigenvalue weighted by Crippen LogP contribution is 2.35. The van der Waals surface area contributed by atoms with E-state index in [4.69, 9.17) is 4.74 Å². The third-order valence-electron chi connectivity index (χ3n) is 4.64. The highest BCUT2D eigenvalue weighted by Gasteiger charge is 2.20. The van der Waals surface area contributed by atoms with Crippen molar-refractivity contribution in [1.82, 2.24) is 15.2 Å². The lowest BCUT2D eigenvalue weighted by Gasteiger charge is -2.26. The van der Waals surface area contributed by atoms with Crippen LogP contribution in [0.5, 0.6) is 0 Å². The third-order valence-corrected chi connectivity index (χ3v) is 5.99. The first-order valence-electron chi connectivity index (χ1n) is 9.03. The maximum atomic E-state index is 12.5. The van der Waals surface area contributed by atoms with E-state index in [9.17, 15) is 4.79 Å². The molecule has 1 amide bonds. The van der Waals surface area contributed by atoms with E-state index >= 15 is 0 Å². The van der Waals surface area contributed by atoms with E-state index in [1.807, 2.05) is 12.1 Å². The summed E-state index contributed by atoms with van der Waals surface area (Å²) in [6.45, 7) is 5.37. The molecule has 0 atom stereocenters. The number of hydrogen-bond acceptors (Lipinski definition) is 5. The Morgan fingerprint density at radius 1 is 1.33 bits per heavy atom. The number of rotatable bonds is 7. The summed E-state index contributed by atoms with van der Waals surface area (Å²) in [4.78, 5) is 19.3. The van der Waals surface area contributed by atoms with Crippen LogP contribution in [0.1, 0.15) is 42.5 Å². The van der Waals surface area contributed by atoms with Gasteiger partial charge in [-0.3, -0.25) is 9.69 Å². The van der Waals surface area contributed by atoms with E-state index in [2.05, 4.69) is 15.2 Å². The topological polar surface area (TPSA) is 54.5 Å². The van der Waals surface area contributed by atoms with Crippen molar-refractivity contribution in [2.75, 3.05) is 39.4 Å². The van der Waals surface area contributed by atoms with E-state index in [1.165, 1.54) is 25.7 Å². The maximum Gasteiger partial charge on any atom is 0.254 e. The SMILES string of the molecule is O=C(NCCCN1CCOCC1)c1cccnc1SC1CCCC1. The minimum absolute atomic E-state index is 0.00516. The molecule has 2 aliphatic rings. The fraction of sp³-hybridized carbons (Fsp3) is 0.667. The summed E-state index contributed by atoms with van der Waals surface area (Å²) in [5, 5.41) is 4.56. The van der Waals surface area contributed by atoms with Crippen LogP contribution in [0.3, 0.4) is 0 Å². The number of ether oxygens (including phenoxy) is 1. The number of aromatic nitrogens is 1. The van der Waals surface area contributed by atoms with Crippen LogP contribution in [0, 0.1) is 0 Å². The van der Waals surface area contributed by atoms with Gasteiger partial charge >= 0.3 is 0 Å². The Labute approximate surface area is 148 Å². The largest absolute Gasteiger partial charge is 0.379 e. The highest BCUT2D eigenvalue weighted by molar-refractivity contribution is 7.99. The average molecular weight is 350 g/mol. The van der Waals surface area contributed by atoms with Gasteiger partial charge in [0.2, 0.25) is 0 Å². The minimum Gasteiger partial charge on any atom is -0.379 e. The van der Waals surface area contributed by atoms with Crippen LogP contribution in [-0.2, 0) is 4.74 Å². The summed E-state index contributed by atoms with van der Waals surface area (Å²) in [7, 11) is 0. The second-order valence-electron chi connectivity index (χ2n) is 6.44. The van der Waals surface area contributed by atoms with Crippen LogP contribution < -0.4 is 5.32 Å². The van der Waals surface area contributed by atoms with Crippen molar-refractivity contribution in [1.29, 1.82) is 0 Å². The monoisotopic (exact) mass is 349 g/mol. The van der Waals surface area contributed by atoms with Crippen molar-refractivity contribution in [3.63, 3.8) is 0 Å². The van der Waals surface area contributed by atoms with Crippen molar-refractivity contribution >= 4 is 17.7 Å². The highest BCUT2D eigenvalue weighted by atomic mass is 32.2. The number of amides is 1. The maximum absolute atomic E-state index is 12.5. The van der Waals surface area contributed by atoms with Gasteiger partial charge in [-0.25, -0.2) is 4.98 Å². The molecule has 1 saturated heterocycles. The zero-order valence-electron chi connectivity index (χ0n) is 14.2. The van der Waals surface area contributed by atoms with E-state index in [-0.39, 0.29) is 5.91 Å². The number of nitrogens with one attached hydrogen (secondary N) is 1. The van der Waals surface area contributed by atoms with Crippen molar-refractivity contribution < 1.29 is 9.53 Å². The predicted octanol–water partition coefficient (Wildman–Crippen LogP) is 2.57. The number of carbonyl (C=O) groups excluding carboxylic acids is 1. The fourth-order valence-electron chi connectivity index (χ4n) is 3.25. The summed E-state index contributed by atoms with van der Waals surface area (Å²) in [5.41, 5.74) is 0.723. The van der Waals surface area contributed by atoms with Crippen molar-refractivity contribution in [2.24, 2.45) is 0 Å². The Morgan fingerprint density at radius 3 is 2.92 bits per heavy atom. The summed E-state index contributed by atoms with van der Waals surface area (Å²) in [5.74, 6) is 0.00516. The van der Waals surface area contributed by atoms with Crippen LogP contribution in [0.25, 0.3) is 0 Å². The number of carbonyl (C=O) groups is 1. The molecule has 0 bridgehead atoms. The Morgan fingerprint density at radius 2 is 2.12 bits per heavy atom. The third kappa shape index (κ3) is 5.19. The van der Waals surface area contributed by atoms with Gasteiger partial charge in [-0.05, 0) is 37.9 Å². The van der Waals surface area contributed by atoms with Gasteiger partial charge in [-0.1, -0.05) is 12.8 Å². The number of morpholine rings is 1. The number of pyridine rings is 1. The Balaban J connectivity index is 1.45. The van der Waals surface area contributed by atoms with Gasteiger partial charge in [0.05, 0.1) is 18.8 Å². The predicted molar refractivity (Wildman–Crippen MR) is 96.6 cm³/mol. The molecule has 1 N–H and O–H groups in total. The second-order valence-corrected chi connectivity index (χ2v) is 7.73. The summed E-state index contributed by atoms with van der Waals surface area (Å²) in [6.07, 6.45) is 7.83. The first-order chi connectivity index (χ1) is 11.8. The molecule has 24 heavy (non-hydrogen) atoms. The van der Waals surface area contributed by atoms with Crippen molar-refractivity contribution in [3.8, 4) is 0 Å². The molecule has 3 rings (SSSR count). The van der Waals surface area contributed by atoms with Crippen LogP contribution in [0.15, 0.2) is 23.4 Å². The molecule has 1 aromatic rings. The van der Waals surface area contributed by atoms with Gasteiger partial charge in [0, 0.05) is 31.1 Å². The molecule has 1 aromatic heterocycles. The van der Waals surface area contributed by atoms with Crippen LogP contribution in [0.2, 0.25) is 0 Å². The Hall–Kier alpha value is -1.11. The number of nitrogens with zero attached hydrogens (tertiary/aromatic N) is 2. The molecule has 2 fully saturated rings. The van der Waals surface area contributed by atoms with Gasteiger partial charge in [0.25, 0.3) is 5.91 Å². The van der Waals surface area contributed by atoms with E-state index in [1.54, 1.807) is 18.0 Å². The smallest absolute Gasteiger partial charge is 0.254 e. The Bertz CT molecular complexity index is 529. The first-order valence-corrected chi connectivity index (χ1v) is 9.91. The molecule has 0 spiro atoms. The van der Waals surface area contributed by atoms with Crippen molar-refractivity contribution in [3.05, 3.63) is 23.9 Å². The van der Waals surface area contributed by atoms with Gasteiger partial charge in [-0.2, -0.15) is 0 Å². The molecular weight excluding hydrogens is 322 g/mol. The molecule has 132 valence electrons. The van der Waals surface area contributed by atoms with Gasteiger partial charge in [-0.15, -0.1) is 11.8 Å². The van der Waals surface area contributed by atoms with E-state index < -0.39 is 0 Å². The van der Waals surface area contributed by atoms with Crippen LogP contribution in [0.4, 0.5) is 0 Å². The molecule has 1 aliphatic heterocycles. The number of thioether (sulfide) groups is 1. The zero-order valence-corrected chi connectivity index (χ0v) is 15.0. The van der Waals surface area contributed by atoms with Gasteiger partial charge in [0.15, 0.2) is 0 Å². The van der Waals surface area contributed by atoms with E-state index in [0.29, 0.717) is 11.8 Å². The molecule has 6 heteroatoms. The summed E-state index contributed by atoms with van der Waals surface area (Å²) in [6, 6.07) is 3.74. The summed E-state index contributed by atoms with van der Waals surface area (Å²) < 4.78 is 5.35. The van der Waals surface area contributed by atoms with Crippen LogP contribution in [-0.4, -0.2) is 60.4 Å². The molecule has 0 unspecified atom stereocenters. The molecule has 1 saturated carbocycles. The quantitative estimate of drug-likeness (QED) is 0.767. The van der Waals surface area contributed by atoms with Gasteiger partial charge < -0.3 is 10.1 Å². The average Bonchev–Trinajstić information content (AvgIpc) is 3.13. The fourth-order valence-corrected chi connectivity index (χ4v) is 4.54. The standard InChI is InChI=1S/C18H27N3O2S/c22-17(19-9-4-10-21-11-13-23-14-12-21)16-7-3-8-20-18(16)24-15-5-1-2-6-15/h3,7-8,15H,1-2,4-6,9-14H2,(H,19,22). The molecule has 2 heterocycles. The molecular formula is C18H27N3O2S. The molecule has 0 radical (unpaired) electrons. The number of hydrogen-bond donors (Lipinski definition) is 1. The lowest BCUT2D eigenvalue weighted by Crippen LogP contribution is -2.38. The summed E-state index contributed by atoms with van der Waals surface area (Å²) >= 11 is 1.77. The lowest BCUT2D eigenvalue weighted by molar-refractivity contribution is 0.0374. The van der Waals surface area contributed by atoms with Crippen LogP contribution >= 0.6 is 11.8 Å². The normalized spacial score (nSPS) is 19.5. The second kappa shape index (κ2) is 9.39. The molecule has 5 nitrogen and oxygen atoms in total. The lowest BCUT2D eigenvalue weighted by atomic mass is 10.2.